The zero-order valence-electron chi connectivity index (χ0n) is 15.7. The molecule has 1 aliphatic heterocycles. The van der Waals surface area contributed by atoms with Gasteiger partial charge in [-0.3, -0.25) is 0 Å². The molecule has 6 atom stereocenters. The molecule has 5 heteroatoms. The van der Waals surface area contributed by atoms with Crippen LogP contribution >= 0.6 is 0 Å². The number of aliphatic hydroxyl groups is 1. The van der Waals surface area contributed by atoms with E-state index in [1.165, 1.54) is 7.11 Å². The minimum atomic E-state index is -0.834. The molecule has 0 amide bonds. The summed E-state index contributed by atoms with van der Waals surface area (Å²) in [6, 6.07) is 1.91. The summed E-state index contributed by atoms with van der Waals surface area (Å²) >= 11 is 0. The molecule has 142 valence electrons. The molecule has 1 N–H and O–H groups in total. The number of esters is 1. The van der Waals surface area contributed by atoms with E-state index in [1.807, 2.05) is 12.1 Å². The van der Waals surface area contributed by atoms with Gasteiger partial charge in [-0.05, 0) is 50.0 Å². The molecule has 1 spiro atoms. The van der Waals surface area contributed by atoms with Gasteiger partial charge in [0.15, 0.2) is 6.29 Å². The minimum Gasteiger partial charge on any atom is -0.472 e. The average molecular weight is 360 g/mol. The topological polar surface area (TPSA) is 68.9 Å². The van der Waals surface area contributed by atoms with Crippen LogP contribution in [0.2, 0.25) is 0 Å². The van der Waals surface area contributed by atoms with Crippen molar-refractivity contribution in [3.8, 4) is 0 Å². The smallest absolute Gasteiger partial charge is 0.333 e. The fourth-order valence-corrected chi connectivity index (χ4v) is 6.03. The predicted molar refractivity (Wildman–Crippen MR) is 94.9 cm³/mol. The van der Waals surface area contributed by atoms with Crippen molar-refractivity contribution < 1.29 is 23.8 Å². The van der Waals surface area contributed by atoms with Crippen LogP contribution in [0, 0.1) is 22.7 Å². The highest BCUT2D eigenvalue weighted by atomic mass is 16.6. The Morgan fingerprint density at radius 2 is 2.19 bits per heavy atom. The van der Waals surface area contributed by atoms with Crippen LogP contribution in [-0.2, 0) is 14.3 Å². The number of carbonyl (C=O) groups is 1. The van der Waals surface area contributed by atoms with Gasteiger partial charge in [-0.25, -0.2) is 4.79 Å². The quantitative estimate of drug-likeness (QED) is 0.808. The van der Waals surface area contributed by atoms with E-state index in [4.69, 9.17) is 13.9 Å². The highest BCUT2D eigenvalue weighted by Crippen LogP contribution is 2.67. The maximum atomic E-state index is 12.4. The monoisotopic (exact) mass is 360 g/mol. The van der Waals surface area contributed by atoms with E-state index < -0.39 is 6.29 Å². The standard InChI is InChI=1S/C21H28O5/c1-13-7-9-20(2)15(18(22)24-3)5-4-6-17(20)21(13)11-16(26-19(21)23)14-8-10-25-12-14/h5,8,10,12-13,16-17,19,23H,4,6-7,9,11H2,1-3H3/t13-,16-,17+,19-,20+,21-/m1/s1. The average Bonchev–Trinajstić information content (AvgIpc) is 3.27. The first-order valence-electron chi connectivity index (χ1n) is 9.58. The van der Waals surface area contributed by atoms with Crippen LogP contribution in [0.25, 0.3) is 0 Å². The van der Waals surface area contributed by atoms with Gasteiger partial charge < -0.3 is 19.0 Å². The molecule has 2 heterocycles. The maximum Gasteiger partial charge on any atom is 0.333 e. The molecule has 0 bridgehead atoms. The van der Waals surface area contributed by atoms with Crippen molar-refractivity contribution in [1.82, 2.24) is 0 Å². The molecule has 1 aromatic heterocycles. The van der Waals surface area contributed by atoms with Crippen LogP contribution in [0.5, 0.6) is 0 Å². The van der Waals surface area contributed by atoms with Crippen molar-refractivity contribution >= 4 is 5.97 Å². The maximum absolute atomic E-state index is 12.4. The molecule has 0 aromatic carbocycles. The number of allylic oxidation sites excluding steroid dienone is 1. The summed E-state index contributed by atoms with van der Waals surface area (Å²) < 4.78 is 16.3. The van der Waals surface area contributed by atoms with E-state index in [1.54, 1.807) is 12.5 Å². The lowest BCUT2D eigenvalue weighted by Gasteiger charge is -2.57. The van der Waals surface area contributed by atoms with Crippen molar-refractivity contribution in [1.29, 1.82) is 0 Å². The number of aliphatic hydroxyl groups excluding tert-OH is 1. The zero-order chi connectivity index (χ0) is 18.5. The second-order valence-electron chi connectivity index (χ2n) is 8.45. The highest BCUT2D eigenvalue weighted by molar-refractivity contribution is 5.90. The number of fused-ring (bicyclic) bond motifs is 2. The van der Waals surface area contributed by atoms with Gasteiger partial charge in [0.25, 0.3) is 0 Å². The van der Waals surface area contributed by atoms with Crippen LogP contribution in [-0.4, -0.2) is 24.5 Å². The molecule has 4 rings (SSSR count). The van der Waals surface area contributed by atoms with Crippen molar-refractivity contribution in [3.63, 3.8) is 0 Å². The highest BCUT2D eigenvalue weighted by Gasteiger charge is 2.64. The Hall–Kier alpha value is -1.59. The summed E-state index contributed by atoms with van der Waals surface area (Å²) in [5, 5.41) is 11.1. The molecule has 2 fully saturated rings. The number of ether oxygens (including phenoxy) is 2. The van der Waals surface area contributed by atoms with Gasteiger partial charge in [-0.1, -0.05) is 19.9 Å². The van der Waals surface area contributed by atoms with Crippen LogP contribution in [0.3, 0.4) is 0 Å². The molecule has 26 heavy (non-hydrogen) atoms. The molecule has 2 aliphatic carbocycles. The first-order chi connectivity index (χ1) is 12.4. The summed E-state index contributed by atoms with van der Waals surface area (Å²) in [4.78, 5) is 12.4. The summed E-state index contributed by atoms with van der Waals surface area (Å²) in [6.45, 7) is 4.39. The lowest BCUT2D eigenvalue weighted by atomic mass is 9.46. The molecule has 1 aromatic rings. The number of rotatable bonds is 2. The van der Waals surface area contributed by atoms with Crippen molar-refractivity contribution in [2.24, 2.45) is 22.7 Å². The van der Waals surface area contributed by atoms with Gasteiger partial charge in [0.05, 0.1) is 25.7 Å². The second kappa shape index (κ2) is 6.24. The van der Waals surface area contributed by atoms with Gasteiger partial charge >= 0.3 is 5.97 Å². The third kappa shape index (κ3) is 2.33. The van der Waals surface area contributed by atoms with E-state index in [2.05, 4.69) is 13.8 Å². The number of methoxy groups -OCH3 is 1. The molecule has 0 unspecified atom stereocenters. The largest absolute Gasteiger partial charge is 0.472 e. The Labute approximate surface area is 154 Å². The van der Waals surface area contributed by atoms with Gasteiger partial charge in [-0.15, -0.1) is 0 Å². The van der Waals surface area contributed by atoms with E-state index in [0.29, 0.717) is 5.92 Å². The summed E-state index contributed by atoms with van der Waals surface area (Å²) in [6.07, 6.45) is 8.82. The lowest BCUT2D eigenvalue weighted by molar-refractivity contribution is -0.197. The second-order valence-corrected chi connectivity index (χ2v) is 8.45. The molecule has 1 saturated heterocycles. The van der Waals surface area contributed by atoms with Crippen molar-refractivity contribution in [2.45, 2.75) is 58.3 Å². The van der Waals surface area contributed by atoms with Gasteiger partial charge in [0.1, 0.15) is 0 Å². The van der Waals surface area contributed by atoms with Gasteiger partial charge in [0.2, 0.25) is 0 Å². The van der Waals surface area contributed by atoms with Crippen LogP contribution in [0.4, 0.5) is 0 Å². The van der Waals surface area contributed by atoms with Crippen LogP contribution in [0.15, 0.2) is 34.7 Å². The zero-order valence-corrected chi connectivity index (χ0v) is 15.7. The van der Waals surface area contributed by atoms with E-state index in [-0.39, 0.29) is 28.8 Å². The fourth-order valence-electron chi connectivity index (χ4n) is 6.03. The minimum absolute atomic E-state index is 0.166. The first kappa shape index (κ1) is 17.8. The van der Waals surface area contributed by atoms with Crippen molar-refractivity contribution in [3.05, 3.63) is 35.8 Å². The van der Waals surface area contributed by atoms with Crippen LogP contribution < -0.4 is 0 Å². The van der Waals surface area contributed by atoms with Crippen molar-refractivity contribution in [2.75, 3.05) is 7.11 Å². The first-order valence-corrected chi connectivity index (χ1v) is 9.58. The summed E-state index contributed by atoms with van der Waals surface area (Å²) in [5.41, 5.74) is 1.11. The molecule has 3 aliphatic rings. The number of carbonyl (C=O) groups excluding carboxylic acids is 1. The molecule has 1 saturated carbocycles. The Kier molecular flexibility index (Phi) is 4.27. The normalized spacial score (nSPS) is 42.4. The molecule has 5 nitrogen and oxygen atoms in total. The number of hydrogen-bond acceptors (Lipinski definition) is 5. The SMILES string of the molecule is COC(=O)C1=CCC[C@@H]2[C@@]3(C[C@H](c4ccoc4)O[C@H]3O)[C@H](C)CC[C@@]12C. The third-order valence-electron chi connectivity index (χ3n) is 7.46. The Morgan fingerprint density at radius 3 is 2.88 bits per heavy atom. The summed E-state index contributed by atoms with van der Waals surface area (Å²) in [5.74, 6) is 0.274. The van der Waals surface area contributed by atoms with Gasteiger partial charge in [0, 0.05) is 22.0 Å². The Balaban J connectivity index is 1.74. The number of hydrogen-bond donors (Lipinski definition) is 1. The van der Waals surface area contributed by atoms with Crippen LogP contribution in [0.1, 0.15) is 57.6 Å². The third-order valence-corrected chi connectivity index (χ3v) is 7.46. The summed E-state index contributed by atoms with van der Waals surface area (Å²) in [7, 11) is 1.44. The molecular formula is C21H28O5. The number of furan rings is 1. The van der Waals surface area contributed by atoms with E-state index >= 15 is 0 Å². The Bertz CT molecular complexity index is 708. The van der Waals surface area contributed by atoms with Gasteiger partial charge in [-0.2, -0.15) is 0 Å². The molecular weight excluding hydrogens is 332 g/mol. The lowest BCUT2D eigenvalue weighted by Crippen LogP contribution is -2.55. The molecule has 0 radical (unpaired) electrons. The van der Waals surface area contributed by atoms with E-state index in [9.17, 15) is 9.90 Å². The Morgan fingerprint density at radius 1 is 1.38 bits per heavy atom. The van der Waals surface area contributed by atoms with E-state index in [0.717, 1.165) is 43.2 Å². The fraction of sp³-hybridized carbons (Fsp3) is 0.667. The predicted octanol–water partition coefficient (Wildman–Crippen LogP) is 3.99.